The average Bonchev–Trinajstić information content (AvgIpc) is 2.91. The topological polar surface area (TPSA) is 61.4 Å². The van der Waals surface area contributed by atoms with Gasteiger partial charge in [0.2, 0.25) is 5.91 Å². The van der Waals surface area contributed by atoms with Gasteiger partial charge in [0.25, 0.3) is 5.91 Å². The van der Waals surface area contributed by atoms with E-state index in [9.17, 15) is 9.59 Å². The van der Waals surface area contributed by atoms with Crippen molar-refractivity contribution in [2.45, 2.75) is 51.2 Å². The fourth-order valence-corrected chi connectivity index (χ4v) is 3.81. The Morgan fingerprint density at radius 1 is 1.16 bits per heavy atom. The highest BCUT2D eigenvalue weighted by molar-refractivity contribution is 6.30. The molecule has 0 saturated carbocycles. The molecule has 6 heteroatoms. The largest absolute Gasteiger partial charge is 0.340 e. The zero-order valence-corrected chi connectivity index (χ0v) is 15.6. The van der Waals surface area contributed by atoms with Crippen LogP contribution in [0.25, 0.3) is 0 Å². The van der Waals surface area contributed by atoms with Gasteiger partial charge < -0.3 is 15.5 Å². The van der Waals surface area contributed by atoms with Crippen molar-refractivity contribution >= 4 is 23.4 Å². The molecule has 0 radical (unpaired) electrons. The van der Waals surface area contributed by atoms with E-state index in [-0.39, 0.29) is 17.7 Å². The third-order valence-corrected chi connectivity index (χ3v) is 5.41. The summed E-state index contributed by atoms with van der Waals surface area (Å²) in [5, 5.41) is 7.09. The summed E-state index contributed by atoms with van der Waals surface area (Å²) in [6.07, 6.45) is 3.31. The number of halogens is 1. The first-order chi connectivity index (χ1) is 11.9. The predicted octanol–water partition coefficient (Wildman–Crippen LogP) is 2.45. The van der Waals surface area contributed by atoms with Gasteiger partial charge in [0.1, 0.15) is 6.04 Å². The van der Waals surface area contributed by atoms with E-state index in [0.717, 1.165) is 25.9 Å². The van der Waals surface area contributed by atoms with E-state index in [2.05, 4.69) is 10.6 Å². The Morgan fingerprint density at radius 3 is 2.52 bits per heavy atom. The van der Waals surface area contributed by atoms with Gasteiger partial charge in [-0.05, 0) is 49.4 Å². The molecule has 25 heavy (non-hydrogen) atoms. The summed E-state index contributed by atoms with van der Waals surface area (Å²) in [6, 6.07) is 7.11. The van der Waals surface area contributed by atoms with Crippen molar-refractivity contribution in [3.8, 4) is 0 Å². The number of fused-ring (bicyclic) bond motifs is 2. The van der Waals surface area contributed by atoms with E-state index < -0.39 is 6.04 Å². The lowest BCUT2D eigenvalue weighted by molar-refractivity contribution is -0.134. The van der Waals surface area contributed by atoms with Crippen LogP contribution in [0.5, 0.6) is 0 Å². The maximum atomic E-state index is 13.1. The minimum absolute atomic E-state index is 0.0201. The Hall–Kier alpha value is -1.59. The van der Waals surface area contributed by atoms with Gasteiger partial charge in [0.05, 0.1) is 0 Å². The molecule has 2 bridgehead atoms. The van der Waals surface area contributed by atoms with Crippen molar-refractivity contribution in [3.63, 3.8) is 0 Å². The van der Waals surface area contributed by atoms with Crippen LogP contribution < -0.4 is 10.6 Å². The standard InChI is InChI=1S/C19H26ClN3O2/c1-12(2)17(22-18(24)13-3-5-14(20)6-4-13)19(25)23-10-9-15-7-8-16(11-23)21-15/h3-6,12,15-17,21H,7-11H2,1-2H3,(H,22,24). The third-order valence-electron chi connectivity index (χ3n) is 5.16. The fraction of sp³-hybridized carbons (Fsp3) is 0.579. The predicted molar refractivity (Wildman–Crippen MR) is 98.7 cm³/mol. The SMILES string of the molecule is CC(C)C(NC(=O)c1ccc(Cl)cc1)C(=O)N1CCC2CCC(C1)N2. The lowest BCUT2D eigenvalue weighted by Gasteiger charge is -2.30. The molecular weight excluding hydrogens is 338 g/mol. The van der Waals surface area contributed by atoms with Gasteiger partial charge in [-0.3, -0.25) is 9.59 Å². The van der Waals surface area contributed by atoms with Gasteiger partial charge >= 0.3 is 0 Å². The van der Waals surface area contributed by atoms with Crippen LogP contribution in [-0.4, -0.2) is 47.9 Å². The second-order valence-corrected chi connectivity index (χ2v) is 7.85. The first kappa shape index (κ1) is 18.2. The summed E-state index contributed by atoms with van der Waals surface area (Å²) in [6.45, 7) is 5.42. The Kier molecular flexibility index (Phi) is 5.64. The van der Waals surface area contributed by atoms with Crippen LogP contribution in [0.1, 0.15) is 43.5 Å². The van der Waals surface area contributed by atoms with Gasteiger partial charge in [-0.25, -0.2) is 0 Å². The van der Waals surface area contributed by atoms with Crippen LogP contribution in [0.15, 0.2) is 24.3 Å². The van der Waals surface area contributed by atoms with Crippen molar-refractivity contribution in [1.82, 2.24) is 15.5 Å². The molecule has 1 aromatic carbocycles. The Bertz CT molecular complexity index is 632. The molecule has 2 saturated heterocycles. The van der Waals surface area contributed by atoms with Gasteiger partial charge in [0, 0.05) is 35.8 Å². The fourth-order valence-electron chi connectivity index (χ4n) is 3.68. The number of hydrogen-bond donors (Lipinski definition) is 2. The van der Waals surface area contributed by atoms with Gasteiger partial charge in [-0.1, -0.05) is 25.4 Å². The molecule has 2 aliphatic heterocycles. The monoisotopic (exact) mass is 363 g/mol. The number of benzene rings is 1. The van der Waals surface area contributed by atoms with Gasteiger partial charge in [-0.2, -0.15) is 0 Å². The molecule has 0 aliphatic carbocycles. The van der Waals surface area contributed by atoms with Crippen molar-refractivity contribution in [3.05, 3.63) is 34.9 Å². The molecule has 3 rings (SSSR count). The maximum Gasteiger partial charge on any atom is 0.251 e. The highest BCUT2D eigenvalue weighted by Gasteiger charge is 2.35. The average molecular weight is 364 g/mol. The van der Waals surface area contributed by atoms with Crippen LogP contribution in [-0.2, 0) is 4.79 Å². The van der Waals surface area contributed by atoms with E-state index in [0.29, 0.717) is 22.7 Å². The van der Waals surface area contributed by atoms with E-state index in [1.54, 1.807) is 24.3 Å². The molecule has 136 valence electrons. The van der Waals surface area contributed by atoms with Crippen LogP contribution in [0, 0.1) is 5.92 Å². The van der Waals surface area contributed by atoms with Gasteiger partial charge in [0.15, 0.2) is 0 Å². The first-order valence-electron chi connectivity index (χ1n) is 9.05. The molecule has 3 atom stereocenters. The third kappa shape index (κ3) is 4.33. The molecule has 2 fully saturated rings. The molecule has 2 aliphatic rings. The molecule has 2 heterocycles. The molecule has 2 amide bonds. The normalized spacial score (nSPS) is 24.1. The first-order valence-corrected chi connectivity index (χ1v) is 9.43. The number of likely N-dealkylation sites (tertiary alicyclic amines) is 1. The second kappa shape index (κ2) is 7.75. The lowest BCUT2D eigenvalue weighted by Crippen LogP contribution is -2.53. The molecule has 5 nitrogen and oxygen atoms in total. The van der Waals surface area contributed by atoms with Crippen molar-refractivity contribution < 1.29 is 9.59 Å². The number of amides is 2. The number of nitrogens with one attached hydrogen (secondary N) is 2. The van der Waals surface area contributed by atoms with Crippen molar-refractivity contribution in [2.75, 3.05) is 13.1 Å². The Balaban J connectivity index is 1.68. The van der Waals surface area contributed by atoms with Crippen LogP contribution in [0.3, 0.4) is 0 Å². The Morgan fingerprint density at radius 2 is 1.84 bits per heavy atom. The van der Waals surface area contributed by atoms with E-state index in [4.69, 9.17) is 11.6 Å². The highest BCUT2D eigenvalue weighted by atomic mass is 35.5. The molecule has 3 unspecified atom stereocenters. The number of carbonyl (C=O) groups is 2. The zero-order chi connectivity index (χ0) is 18.0. The quantitative estimate of drug-likeness (QED) is 0.863. The van der Waals surface area contributed by atoms with Crippen molar-refractivity contribution in [2.24, 2.45) is 5.92 Å². The number of carbonyl (C=O) groups excluding carboxylic acids is 2. The number of rotatable bonds is 4. The summed E-state index contributed by atoms with van der Waals surface area (Å²) in [5.74, 6) is -0.193. The minimum Gasteiger partial charge on any atom is -0.340 e. The van der Waals surface area contributed by atoms with Crippen LogP contribution in [0.4, 0.5) is 0 Å². The summed E-state index contributed by atoms with van der Waals surface area (Å²) < 4.78 is 0. The summed E-state index contributed by atoms with van der Waals surface area (Å²) in [4.78, 5) is 27.5. The van der Waals surface area contributed by atoms with E-state index >= 15 is 0 Å². The van der Waals surface area contributed by atoms with Crippen LogP contribution >= 0.6 is 11.6 Å². The molecule has 0 aromatic heterocycles. The molecule has 2 N–H and O–H groups in total. The lowest BCUT2D eigenvalue weighted by atomic mass is 10.0. The minimum atomic E-state index is -0.514. The van der Waals surface area contributed by atoms with E-state index in [1.807, 2.05) is 18.7 Å². The zero-order valence-electron chi connectivity index (χ0n) is 14.8. The van der Waals surface area contributed by atoms with Crippen molar-refractivity contribution in [1.29, 1.82) is 0 Å². The highest BCUT2D eigenvalue weighted by Crippen LogP contribution is 2.21. The molecule has 0 spiro atoms. The van der Waals surface area contributed by atoms with Gasteiger partial charge in [-0.15, -0.1) is 0 Å². The number of nitrogens with zero attached hydrogens (tertiary/aromatic N) is 1. The van der Waals surface area contributed by atoms with E-state index in [1.165, 1.54) is 6.42 Å². The maximum absolute atomic E-state index is 13.1. The molecular formula is C19H26ClN3O2. The molecule has 1 aromatic rings. The second-order valence-electron chi connectivity index (χ2n) is 7.41. The number of hydrogen-bond acceptors (Lipinski definition) is 3. The van der Waals surface area contributed by atoms with Crippen LogP contribution in [0.2, 0.25) is 5.02 Å². The summed E-state index contributed by atoms with van der Waals surface area (Å²) in [7, 11) is 0. The summed E-state index contributed by atoms with van der Waals surface area (Å²) in [5.41, 5.74) is 0.513. The summed E-state index contributed by atoms with van der Waals surface area (Å²) >= 11 is 5.87. The Labute approximate surface area is 154 Å². The smallest absolute Gasteiger partial charge is 0.251 e.